The van der Waals surface area contributed by atoms with Crippen molar-refractivity contribution in [2.75, 3.05) is 7.05 Å². The first-order valence-corrected chi connectivity index (χ1v) is 6.18. The highest BCUT2D eigenvalue weighted by atomic mass is 35.5. The van der Waals surface area contributed by atoms with Crippen LogP contribution in [0.15, 0.2) is 22.7 Å². The number of likely N-dealkylation sites (N-methyl/N-ethyl adjacent to an activating group) is 1. The van der Waals surface area contributed by atoms with E-state index in [0.717, 1.165) is 6.07 Å². The Morgan fingerprint density at radius 3 is 2.59 bits per heavy atom. The lowest BCUT2D eigenvalue weighted by molar-refractivity contribution is -0.137. The van der Waals surface area contributed by atoms with Crippen LogP contribution in [0.25, 0.3) is 11.5 Å². The molecule has 122 valence electrons. The molecule has 0 fully saturated rings. The van der Waals surface area contributed by atoms with Crippen LogP contribution in [0.2, 0.25) is 0 Å². The van der Waals surface area contributed by atoms with Crippen LogP contribution in [-0.4, -0.2) is 23.2 Å². The van der Waals surface area contributed by atoms with Crippen LogP contribution in [-0.2, 0) is 12.6 Å². The Morgan fingerprint density at radius 2 is 2.00 bits per heavy atom. The van der Waals surface area contributed by atoms with E-state index in [0.29, 0.717) is 24.4 Å². The van der Waals surface area contributed by atoms with Crippen LogP contribution in [0.3, 0.4) is 0 Å². The highest BCUT2D eigenvalue weighted by molar-refractivity contribution is 5.85. The monoisotopic (exact) mass is 339 g/mol. The van der Waals surface area contributed by atoms with Gasteiger partial charge in [-0.15, -0.1) is 12.4 Å². The van der Waals surface area contributed by atoms with E-state index in [-0.39, 0.29) is 29.9 Å². The standard InChI is InChI=1S/C13H13F4N3O.ClH/c1-7(18-2)5-11-19-12(21-20-11)9-6-8(13(15,16)17)3-4-10(9)14;/h3-4,6-7,18H,5H2,1-2H3;1H. The van der Waals surface area contributed by atoms with Gasteiger partial charge in [0.05, 0.1) is 11.1 Å². The fraction of sp³-hybridized carbons (Fsp3) is 0.385. The van der Waals surface area contributed by atoms with E-state index >= 15 is 0 Å². The van der Waals surface area contributed by atoms with Crippen LogP contribution in [0.4, 0.5) is 17.6 Å². The summed E-state index contributed by atoms with van der Waals surface area (Å²) in [6.45, 7) is 1.88. The average Bonchev–Trinajstić information content (AvgIpc) is 2.86. The molecule has 1 aromatic carbocycles. The highest BCUT2D eigenvalue weighted by Gasteiger charge is 2.32. The number of hydrogen-bond donors (Lipinski definition) is 1. The molecule has 0 saturated carbocycles. The predicted octanol–water partition coefficient (Wildman–Crippen LogP) is 3.47. The van der Waals surface area contributed by atoms with Gasteiger partial charge in [-0.1, -0.05) is 5.16 Å². The first-order chi connectivity index (χ1) is 9.81. The first-order valence-electron chi connectivity index (χ1n) is 6.18. The van der Waals surface area contributed by atoms with Gasteiger partial charge in [0.1, 0.15) is 5.82 Å². The normalized spacial score (nSPS) is 12.8. The molecule has 0 radical (unpaired) electrons. The number of benzene rings is 1. The molecule has 0 aliphatic heterocycles. The smallest absolute Gasteiger partial charge is 0.334 e. The fourth-order valence-corrected chi connectivity index (χ4v) is 1.69. The number of rotatable bonds is 4. The molecular formula is C13H14ClF4N3O. The number of aromatic nitrogens is 2. The molecule has 4 nitrogen and oxygen atoms in total. The van der Waals surface area contributed by atoms with Gasteiger partial charge in [0.15, 0.2) is 5.82 Å². The molecule has 1 atom stereocenters. The zero-order valence-corrected chi connectivity index (χ0v) is 12.6. The van der Waals surface area contributed by atoms with E-state index in [9.17, 15) is 17.6 Å². The van der Waals surface area contributed by atoms with Crippen LogP contribution < -0.4 is 5.32 Å². The van der Waals surface area contributed by atoms with Crippen molar-refractivity contribution in [2.45, 2.75) is 25.6 Å². The Morgan fingerprint density at radius 1 is 1.32 bits per heavy atom. The topological polar surface area (TPSA) is 51.0 Å². The molecule has 0 bridgehead atoms. The quantitative estimate of drug-likeness (QED) is 0.867. The third-order valence-electron chi connectivity index (χ3n) is 2.97. The maximum absolute atomic E-state index is 13.7. The van der Waals surface area contributed by atoms with Gasteiger partial charge in [0, 0.05) is 12.5 Å². The molecule has 0 aliphatic rings. The molecule has 0 aliphatic carbocycles. The summed E-state index contributed by atoms with van der Waals surface area (Å²) >= 11 is 0. The first kappa shape index (κ1) is 18.4. The molecule has 2 aromatic rings. The van der Waals surface area contributed by atoms with E-state index in [1.54, 1.807) is 7.05 Å². The van der Waals surface area contributed by atoms with Crippen LogP contribution in [0.5, 0.6) is 0 Å². The molecule has 0 spiro atoms. The van der Waals surface area contributed by atoms with E-state index in [1.165, 1.54) is 0 Å². The number of nitrogens with one attached hydrogen (secondary N) is 1. The molecule has 22 heavy (non-hydrogen) atoms. The number of hydrogen-bond acceptors (Lipinski definition) is 4. The Bertz CT molecular complexity index is 630. The molecule has 2 rings (SSSR count). The van der Waals surface area contributed by atoms with Crippen molar-refractivity contribution in [2.24, 2.45) is 0 Å². The van der Waals surface area contributed by atoms with Crippen molar-refractivity contribution < 1.29 is 22.1 Å². The third kappa shape index (κ3) is 4.17. The third-order valence-corrected chi connectivity index (χ3v) is 2.97. The van der Waals surface area contributed by atoms with Crippen LogP contribution in [0.1, 0.15) is 18.3 Å². The minimum absolute atomic E-state index is 0. The van der Waals surface area contributed by atoms with Crippen LogP contribution in [0, 0.1) is 5.82 Å². The summed E-state index contributed by atoms with van der Waals surface area (Å²) in [5.41, 5.74) is -1.33. The van der Waals surface area contributed by atoms with E-state index < -0.39 is 17.6 Å². The summed E-state index contributed by atoms with van der Waals surface area (Å²) in [6, 6.07) is 2.12. The zero-order chi connectivity index (χ0) is 15.6. The second kappa shape index (κ2) is 7.06. The summed E-state index contributed by atoms with van der Waals surface area (Å²) in [5, 5.41) is 6.60. The molecule has 1 unspecified atom stereocenters. The van der Waals surface area contributed by atoms with E-state index in [4.69, 9.17) is 4.52 Å². The molecule has 0 saturated heterocycles. The maximum atomic E-state index is 13.7. The van der Waals surface area contributed by atoms with Gasteiger partial charge >= 0.3 is 6.18 Å². The van der Waals surface area contributed by atoms with Crippen molar-refractivity contribution in [3.63, 3.8) is 0 Å². The number of nitrogens with zero attached hydrogens (tertiary/aromatic N) is 2. The Kier molecular flexibility index (Phi) is 5.90. The molecular weight excluding hydrogens is 326 g/mol. The van der Waals surface area contributed by atoms with Gasteiger partial charge < -0.3 is 9.84 Å². The van der Waals surface area contributed by atoms with Gasteiger partial charge in [-0.2, -0.15) is 18.2 Å². The van der Waals surface area contributed by atoms with E-state index in [2.05, 4.69) is 15.5 Å². The second-order valence-corrected chi connectivity index (χ2v) is 4.60. The molecule has 9 heteroatoms. The van der Waals surface area contributed by atoms with Crippen molar-refractivity contribution in [1.82, 2.24) is 15.5 Å². The Balaban J connectivity index is 0.00000242. The zero-order valence-electron chi connectivity index (χ0n) is 11.7. The summed E-state index contributed by atoms with van der Waals surface area (Å²) in [7, 11) is 1.75. The van der Waals surface area contributed by atoms with Crippen molar-refractivity contribution in [1.29, 1.82) is 0 Å². The minimum atomic E-state index is -4.56. The van der Waals surface area contributed by atoms with Gasteiger partial charge in [-0.05, 0) is 32.2 Å². The average molecular weight is 340 g/mol. The van der Waals surface area contributed by atoms with Gasteiger partial charge in [-0.3, -0.25) is 0 Å². The predicted molar refractivity (Wildman–Crippen MR) is 74.2 cm³/mol. The fourth-order valence-electron chi connectivity index (χ4n) is 1.69. The Hall–Kier alpha value is -1.67. The van der Waals surface area contributed by atoms with Gasteiger partial charge in [0.2, 0.25) is 0 Å². The Labute approximate surface area is 130 Å². The summed E-state index contributed by atoms with van der Waals surface area (Å²) in [6.07, 6.45) is -4.15. The van der Waals surface area contributed by atoms with E-state index in [1.807, 2.05) is 6.92 Å². The molecule has 1 heterocycles. The number of alkyl halides is 3. The lowest BCUT2D eigenvalue weighted by Crippen LogP contribution is -2.24. The van der Waals surface area contributed by atoms with Crippen LogP contribution >= 0.6 is 12.4 Å². The van der Waals surface area contributed by atoms with Crippen molar-refractivity contribution in [3.8, 4) is 11.5 Å². The molecule has 1 N–H and O–H groups in total. The maximum Gasteiger partial charge on any atom is 0.416 e. The second-order valence-electron chi connectivity index (χ2n) is 4.60. The summed E-state index contributed by atoms with van der Waals surface area (Å²) in [4.78, 5) is 3.93. The lowest BCUT2D eigenvalue weighted by Gasteiger charge is -2.07. The number of halogens is 5. The SMILES string of the molecule is CNC(C)Cc1noc(-c2cc(C(F)(F)F)ccc2F)n1.Cl. The summed E-state index contributed by atoms with van der Waals surface area (Å²) < 4.78 is 56.4. The highest BCUT2D eigenvalue weighted by Crippen LogP contribution is 2.33. The molecule has 1 aromatic heterocycles. The van der Waals surface area contributed by atoms with Crippen molar-refractivity contribution in [3.05, 3.63) is 35.4 Å². The largest absolute Gasteiger partial charge is 0.416 e. The van der Waals surface area contributed by atoms with Gasteiger partial charge in [0.25, 0.3) is 5.89 Å². The minimum Gasteiger partial charge on any atom is -0.334 e. The van der Waals surface area contributed by atoms with Crippen molar-refractivity contribution >= 4 is 12.4 Å². The lowest BCUT2D eigenvalue weighted by atomic mass is 10.1. The molecule has 0 amide bonds. The summed E-state index contributed by atoms with van der Waals surface area (Å²) in [5.74, 6) is -0.819. The van der Waals surface area contributed by atoms with Gasteiger partial charge in [-0.25, -0.2) is 4.39 Å².